The largest absolute Gasteiger partial charge is 0.480 e. The Labute approximate surface area is 135 Å². The van der Waals surface area contributed by atoms with Gasteiger partial charge in [0, 0.05) is 11.8 Å². The van der Waals surface area contributed by atoms with Crippen LogP contribution in [-0.4, -0.2) is 23.0 Å². The van der Waals surface area contributed by atoms with Gasteiger partial charge in [0.1, 0.15) is 6.04 Å². The van der Waals surface area contributed by atoms with Crippen LogP contribution in [0.25, 0.3) is 0 Å². The molecule has 0 spiro atoms. The van der Waals surface area contributed by atoms with E-state index in [-0.39, 0.29) is 11.8 Å². The number of rotatable bonds is 6. The monoisotopic (exact) mass is 309 g/mol. The molecule has 1 aliphatic carbocycles. The zero-order valence-corrected chi connectivity index (χ0v) is 12.7. The Hall–Kier alpha value is -2.62. The molecule has 4 nitrogen and oxygen atoms in total. The second-order valence-electron chi connectivity index (χ2n) is 5.90. The number of carboxylic acid groups (broad SMARTS) is 1. The highest BCUT2D eigenvalue weighted by molar-refractivity contribution is 5.87. The lowest BCUT2D eigenvalue weighted by molar-refractivity contribution is -0.142. The smallest absolute Gasteiger partial charge is 0.327 e. The van der Waals surface area contributed by atoms with E-state index in [1.807, 2.05) is 60.7 Å². The van der Waals surface area contributed by atoms with E-state index >= 15 is 0 Å². The number of amides is 1. The Morgan fingerprint density at radius 2 is 1.39 bits per heavy atom. The number of benzene rings is 2. The average Bonchev–Trinajstić information content (AvgIpc) is 3.41. The van der Waals surface area contributed by atoms with E-state index < -0.39 is 17.9 Å². The van der Waals surface area contributed by atoms with E-state index in [0.717, 1.165) is 24.0 Å². The van der Waals surface area contributed by atoms with Gasteiger partial charge in [-0.3, -0.25) is 4.79 Å². The molecule has 1 amide bonds. The predicted octanol–water partition coefficient (Wildman–Crippen LogP) is 2.80. The van der Waals surface area contributed by atoms with Crippen LogP contribution in [0.15, 0.2) is 60.7 Å². The maximum atomic E-state index is 12.1. The van der Waals surface area contributed by atoms with Gasteiger partial charge in [-0.05, 0) is 24.0 Å². The van der Waals surface area contributed by atoms with E-state index in [1.54, 1.807) is 0 Å². The number of aliphatic carboxylic acids is 1. The first-order valence-corrected chi connectivity index (χ1v) is 7.80. The summed E-state index contributed by atoms with van der Waals surface area (Å²) in [5, 5.41) is 12.4. The summed E-state index contributed by atoms with van der Waals surface area (Å²) in [4.78, 5) is 24.0. The van der Waals surface area contributed by atoms with E-state index in [4.69, 9.17) is 0 Å². The van der Waals surface area contributed by atoms with Gasteiger partial charge in [0.05, 0.1) is 0 Å². The average molecular weight is 309 g/mol. The molecular formula is C19H19NO3. The lowest BCUT2D eigenvalue weighted by Crippen LogP contribution is -2.46. The lowest BCUT2D eigenvalue weighted by atomic mass is 9.85. The number of hydrogen-bond acceptors (Lipinski definition) is 2. The van der Waals surface area contributed by atoms with Crippen LogP contribution in [0.4, 0.5) is 0 Å². The van der Waals surface area contributed by atoms with Crippen LogP contribution in [0.2, 0.25) is 0 Å². The van der Waals surface area contributed by atoms with Crippen LogP contribution in [0.5, 0.6) is 0 Å². The van der Waals surface area contributed by atoms with Gasteiger partial charge in [-0.1, -0.05) is 60.7 Å². The fourth-order valence-corrected chi connectivity index (χ4v) is 2.80. The molecule has 0 aliphatic heterocycles. The van der Waals surface area contributed by atoms with Crippen molar-refractivity contribution in [2.24, 2.45) is 5.92 Å². The highest BCUT2D eigenvalue weighted by Gasteiger charge is 2.37. The Kier molecular flexibility index (Phi) is 4.42. The molecule has 3 rings (SSSR count). The SMILES string of the molecule is O=C(N[C@@H](C(=O)O)C(c1ccccc1)c1ccccc1)C1CC1. The maximum Gasteiger partial charge on any atom is 0.327 e. The molecule has 2 aromatic carbocycles. The van der Waals surface area contributed by atoms with Crippen molar-refractivity contribution in [3.8, 4) is 0 Å². The fraction of sp³-hybridized carbons (Fsp3) is 0.263. The van der Waals surface area contributed by atoms with Crippen LogP contribution < -0.4 is 5.32 Å². The summed E-state index contributed by atoms with van der Waals surface area (Å²) in [5.74, 6) is -1.62. The molecule has 0 saturated heterocycles. The lowest BCUT2D eigenvalue weighted by Gasteiger charge is -2.26. The number of carbonyl (C=O) groups is 2. The summed E-state index contributed by atoms with van der Waals surface area (Å²) in [6, 6.07) is 17.9. The van der Waals surface area contributed by atoms with Crippen LogP contribution >= 0.6 is 0 Å². The second kappa shape index (κ2) is 6.65. The van der Waals surface area contributed by atoms with Crippen molar-refractivity contribution in [2.75, 3.05) is 0 Å². The van der Waals surface area contributed by atoms with Gasteiger partial charge < -0.3 is 10.4 Å². The molecule has 4 heteroatoms. The highest BCUT2D eigenvalue weighted by Crippen LogP contribution is 2.32. The molecule has 0 bridgehead atoms. The van der Waals surface area contributed by atoms with Crippen molar-refractivity contribution in [3.63, 3.8) is 0 Å². The first-order chi connectivity index (χ1) is 11.2. The number of nitrogens with one attached hydrogen (secondary N) is 1. The van der Waals surface area contributed by atoms with Crippen LogP contribution in [0.3, 0.4) is 0 Å². The summed E-state index contributed by atoms with van der Waals surface area (Å²) in [6.07, 6.45) is 1.69. The van der Waals surface area contributed by atoms with E-state index in [1.165, 1.54) is 0 Å². The summed E-state index contributed by atoms with van der Waals surface area (Å²) in [5.41, 5.74) is 1.75. The molecule has 23 heavy (non-hydrogen) atoms. The normalized spacial score (nSPS) is 15.2. The molecule has 2 aromatic rings. The summed E-state index contributed by atoms with van der Waals surface area (Å²) in [7, 11) is 0. The summed E-state index contributed by atoms with van der Waals surface area (Å²) in [6.45, 7) is 0. The molecule has 1 saturated carbocycles. The topological polar surface area (TPSA) is 66.4 Å². The Morgan fingerprint density at radius 1 is 0.913 bits per heavy atom. The van der Waals surface area contributed by atoms with Crippen LogP contribution in [0, 0.1) is 5.92 Å². The van der Waals surface area contributed by atoms with Crippen molar-refractivity contribution < 1.29 is 14.7 Å². The van der Waals surface area contributed by atoms with Crippen molar-refractivity contribution in [2.45, 2.75) is 24.8 Å². The minimum atomic E-state index is -1.02. The number of carboxylic acids is 1. The van der Waals surface area contributed by atoms with Gasteiger partial charge in [0.2, 0.25) is 5.91 Å². The summed E-state index contributed by atoms with van der Waals surface area (Å²) >= 11 is 0. The third-order valence-electron chi connectivity index (χ3n) is 4.16. The Balaban J connectivity index is 1.97. The van der Waals surface area contributed by atoms with E-state index in [9.17, 15) is 14.7 Å². The Bertz CT molecular complexity index is 641. The molecule has 0 heterocycles. The standard InChI is InChI=1S/C19H19NO3/c21-18(15-11-12-15)20-17(19(22)23)16(13-7-3-1-4-8-13)14-9-5-2-6-10-14/h1-10,15-17H,11-12H2,(H,20,21)(H,22,23)/t17-/m1/s1. The molecule has 0 radical (unpaired) electrons. The van der Waals surface area contributed by atoms with Crippen molar-refractivity contribution in [1.29, 1.82) is 0 Å². The molecule has 0 unspecified atom stereocenters. The van der Waals surface area contributed by atoms with Gasteiger partial charge in [-0.15, -0.1) is 0 Å². The molecule has 2 N–H and O–H groups in total. The maximum absolute atomic E-state index is 12.1. The summed E-state index contributed by atoms with van der Waals surface area (Å²) < 4.78 is 0. The van der Waals surface area contributed by atoms with Crippen LogP contribution in [0.1, 0.15) is 29.9 Å². The quantitative estimate of drug-likeness (QED) is 0.862. The number of hydrogen-bond donors (Lipinski definition) is 2. The third-order valence-corrected chi connectivity index (χ3v) is 4.16. The Morgan fingerprint density at radius 3 is 1.78 bits per heavy atom. The van der Waals surface area contributed by atoms with E-state index in [0.29, 0.717) is 0 Å². The van der Waals surface area contributed by atoms with Gasteiger partial charge in [-0.2, -0.15) is 0 Å². The van der Waals surface area contributed by atoms with E-state index in [2.05, 4.69) is 5.32 Å². The zero-order valence-electron chi connectivity index (χ0n) is 12.7. The predicted molar refractivity (Wildman–Crippen MR) is 87.0 cm³/mol. The van der Waals surface area contributed by atoms with Crippen molar-refractivity contribution >= 4 is 11.9 Å². The number of carbonyl (C=O) groups excluding carboxylic acids is 1. The third kappa shape index (κ3) is 3.59. The molecule has 1 atom stereocenters. The molecule has 0 aromatic heterocycles. The second-order valence-corrected chi connectivity index (χ2v) is 5.90. The fourth-order valence-electron chi connectivity index (χ4n) is 2.80. The molecule has 1 fully saturated rings. The molecule has 1 aliphatic rings. The van der Waals surface area contributed by atoms with Gasteiger partial charge in [-0.25, -0.2) is 4.79 Å². The molecular weight excluding hydrogens is 290 g/mol. The van der Waals surface area contributed by atoms with Gasteiger partial charge in [0.25, 0.3) is 0 Å². The molecule has 118 valence electrons. The van der Waals surface area contributed by atoms with Gasteiger partial charge in [0.15, 0.2) is 0 Å². The zero-order chi connectivity index (χ0) is 16.2. The van der Waals surface area contributed by atoms with Gasteiger partial charge >= 0.3 is 5.97 Å². The van der Waals surface area contributed by atoms with Crippen LogP contribution in [-0.2, 0) is 9.59 Å². The minimum Gasteiger partial charge on any atom is -0.480 e. The minimum absolute atomic E-state index is 0.0240. The van der Waals surface area contributed by atoms with Crippen molar-refractivity contribution in [1.82, 2.24) is 5.32 Å². The first kappa shape index (κ1) is 15.3. The van der Waals surface area contributed by atoms with Crippen molar-refractivity contribution in [3.05, 3.63) is 71.8 Å². The first-order valence-electron chi connectivity index (χ1n) is 7.80. The highest BCUT2D eigenvalue weighted by atomic mass is 16.4.